The summed E-state index contributed by atoms with van der Waals surface area (Å²) in [5.74, 6) is 1.21. The Morgan fingerprint density at radius 2 is 1.84 bits per heavy atom. The third-order valence-corrected chi connectivity index (χ3v) is 5.63. The molecule has 2 aromatic rings. The number of ether oxygens (including phenoxy) is 1. The Kier molecular flexibility index (Phi) is 4.22. The third kappa shape index (κ3) is 3.02. The molecular weight excluding hydrogens is 312 g/mol. The van der Waals surface area contributed by atoms with Crippen LogP contribution in [0.1, 0.15) is 29.5 Å². The number of rotatable bonds is 3. The van der Waals surface area contributed by atoms with Crippen LogP contribution in [0.5, 0.6) is 5.75 Å². The first-order chi connectivity index (χ1) is 12.2. The topological polar surface area (TPSA) is 55.6 Å². The van der Waals surface area contributed by atoms with Crippen LogP contribution in [0.4, 0.5) is 0 Å². The van der Waals surface area contributed by atoms with Gasteiger partial charge in [0.15, 0.2) is 0 Å². The molecule has 0 radical (unpaired) electrons. The van der Waals surface area contributed by atoms with Crippen LogP contribution in [0, 0.1) is 0 Å². The van der Waals surface area contributed by atoms with E-state index in [2.05, 4.69) is 6.07 Å². The molecule has 4 nitrogen and oxygen atoms in total. The average molecular weight is 336 g/mol. The lowest BCUT2D eigenvalue weighted by Crippen LogP contribution is -2.46. The summed E-state index contributed by atoms with van der Waals surface area (Å²) in [6.45, 7) is 2.85. The van der Waals surface area contributed by atoms with Crippen molar-refractivity contribution < 1.29 is 9.53 Å². The fourth-order valence-corrected chi connectivity index (χ4v) is 4.02. The number of likely N-dealkylation sites (tertiary alicyclic amines) is 1. The number of carbonyl (C=O) groups excluding carboxylic acids is 1. The van der Waals surface area contributed by atoms with Gasteiger partial charge in [-0.05, 0) is 30.0 Å². The van der Waals surface area contributed by atoms with Gasteiger partial charge in [-0.25, -0.2) is 0 Å². The minimum Gasteiger partial charge on any atom is -0.492 e. The standard InChI is InChI=1S/C21H24N2O2/c22-14-17-6-7-19-18(12-17)21(15-25-19)8-10-23(11-9-21)20(24)13-16-4-2-1-3-5-16/h1-7,12H,8-11,13-15,22H2. The zero-order valence-corrected chi connectivity index (χ0v) is 14.4. The quantitative estimate of drug-likeness (QED) is 0.937. The van der Waals surface area contributed by atoms with Gasteiger partial charge in [0.1, 0.15) is 5.75 Å². The molecule has 0 saturated carbocycles. The first-order valence-electron chi connectivity index (χ1n) is 8.98. The molecule has 1 saturated heterocycles. The monoisotopic (exact) mass is 336 g/mol. The largest absolute Gasteiger partial charge is 0.492 e. The van der Waals surface area contributed by atoms with Crippen LogP contribution in [0.3, 0.4) is 0 Å². The van der Waals surface area contributed by atoms with Gasteiger partial charge in [0.2, 0.25) is 5.91 Å². The lowest BCUT2D eigenvalue weighted by Gasteiger charge is -2.38. The summed E-state index contributed by atoms with van der Waals surface area (Å²) in [6, 6.07) is 16.2. The van der Waals surface area contributed by atoms with Crippen molar-refractivity contribution in [1.82, 2.24) is 4.90 Å². The highest BCUT2D eigenvalue weighted by molar-refractivity contribution is 5.79. The Morgan fingerprint density at radius 1 is 1.08 bits per heavy atom. The van der Waals surface area contributed by atoms with E-state index in [1.54, 1.807) is 0 Å². The van der Waals surface area contributed by atoms with Gasteiger partial charge in [-0.2, -0.15) is 0 Å². The van der Waals surface area contributed by atoms with E-state index in [0.717, 1.165) is 49.4 Å². The van der Waals surface area contributed by atoms with Gasteiger partial charge >= 0.3 is 0 Å². The van der Waals surface area contributed by atoms with Gasteiger partial charge in [-0.15, -0.1) is 0 Å². The summed E-state index contributed by atoms with van der Waals surface area (Å²) < 4.78 is 5.94. The first kappa shape index (κ1) is 16.2. The highest BCUT2D eigenvalue weighted by Gasteiger charge is 2.43. The summed E-state index contributed by atoms with van der Waals surface area (Å²) in [7, 11) is 0. The Labute approximate surface area is 148 Å². The summed E-state index contributed by atoms with van der Waals surface area (Å²) in [5.41, 5.74) is 9.36. The molecule has 2 N–H and O–H groups in total. The summed E-state index contributed by atoms with van der Waals surface area (Å²) in [4.78, 5) is 14.6. The van der Waals surface area contributed by atoms with Gasteiger partial charge in [-0.1, -0.05) is 42.5 Å². The van der Waals surface area contributed by atoms with Crippen LogP contribution < -0.4 is 10.5 Å². The van der Waals surface area contributed by atoms with E-state index in [1.807, 2.05) is 47.4 Å². The van der Waals surface area contributed by atoms with Crippen molar-refractivity contribution in [2.75, 3.05) is 19.7 Å². The minimum atomic E-state index is 0.0457. The number of hydrogen-bond donors (Lipinski definition) is 1. The number of hydrogen-bond acceptors (Lipinski definition) is 3. The normalized spacial score (nSPS) is 18.0. The molecule has 2 heterocycles. The minimum absolute atomic E-state index is 0.0457. The van der Waals surface area contributed by atoms with Crippen molar-refractivity contribution in [3.05, 3.63) is 65.2 Å². The van der Waals surface area contributed by atoms with E-state index in [4.69, 9.17) is 10.5 Å². The molecule has 0 unspecified atom stereocenters. The van der Waals surface area contributed by atoms with Gasteiger partial charge in [0.05, 0.1) is 13.0 Å². The predicted octanol–water partition coefficient (Wildman–Crippen LogP) is 2.64. The van der Waals surface area contributed by atoms with Crippen molar-refractivity contribution in [3.8, 4) is 5.75 Å². The van der Waals surface area contributed by atoms with E-state index in [-0.39, 0.29) is 11.3 Å². The summed E-state index contributed by atoms with van der Waals surface area (Å²) in [6.07, 6.45) is 2.39. The van der Waals surface area contributed by atoms with E-state index in [9.17, 15) is 4.79 Å². The van der Waals surface area contributed by atoms with Crippen LogP contribution >= 0.6 is 0 Å². The predicted molar refractivity (Wildman–Crippen MR) is 97.5 cm³/mol. The van der Waals surface area contributed by atoms with Gasteiger partial charge in [-0.3, -0.25) is 4.79 Å². The maximum Gasteiger partial charge on any atom is 0.226 e. The van der Waals surface area contributed by atoms with Crippen molar-refractivity contribution in [3.63, 3.8) is 0 Å². The Morgan fingerprint density at radius 3 is 2.56 bits per heavy atom. The van der Waals surface area contributed by atoms with Crippen LogP contribution in [-0.2, 0) is 23.2 Å². The summed E-state index contributed by atoms with van der Waals surface area (Å²) in [5, 5.41) is 0. The lowest BCUT2D eigenvalue weighted by molar-refractivity contribution is -0.132. The van der Waals surface area contributed by atoms with E-state index in [1.165, 1.54) is 5.56 Å². The molecule has 2 aliphatic rings. The average Bonchev–Trinajstić information content (AvgIpc) is 3.00. The number of piperidine rings is 1. The third-order valence-electron chi connectivity index (χ3n) is 5.63. The molecule has 0 atom stereocenters. The number of amides is 1. The number of nitrogens with two attached hydrogens (primary N) is 1. The lowest BCUT2D eigenvalue weighted by atomic mass is 9.74. The molecule has 1 fully saturated rings. The SMILES string of the molecule is NCc1ccc2c(c1)C1(CCN(C(=O)Cc3ccccc3)CC1)CO2. The molecule has 4 rings (SSSR count). The van der Waals surface area contributed by atoms with Gasteiger partial charge < -0.3 is 15.4 Å². The second-order valence-electron chi connectivity index (χ2n) is 7.15. The van der Waals surface area contributed by atoms with Crippen LogP contribution in [0.25, 0.3) is 0 Å². The molecule has 4 heteroatoms. The molecule has 2 aliphatic heterocycles. The molecule has 25 heavy (non-hydrogen) atoms. The van der Waals surface area contributed by atoms with Gasteiger partial charge in [0, 0.05) is 30.6 Å². The van der Waals surface area contributed by atoms with Crippen molar-refractivity contribution >= 4 is 5.91 Å². The fourth-order valence-electron chi connectivity index (χ4n) is 4.02. The molecular formula is C21H24N2O2. The second-order valence-corrected chi connectivity index (χ2v) is 7.15. The molecule has 1 spiro atoms. The molecule has 0 aromatic heterocycles. The molecule has 1 amide bonds. The molecule has 2 aromatic carbocycles. The van der Waals surface area contributed by atoms with Crippen molar-refractivity contribution in [2.45, 2.75) is 31.2 Å². The zero-order valence-electron chi connectivity index (χ0n) is 14.4. The zero-order chi connectivity index (χ0) is 17.3. The van der Waals surface area contributed by atoms with Crippen LogP contribution in [0.15, 0.2) is 48.5 Å². The maximum absolute atomic E-state index is 12.6. The highest BCUT2D eigenvalue weighted by atomic mass is 16.5. The number of carbonyl (C=O) groups is 1. The van der Waals surface area contributed by atoms with Crippen molar-refractivity contribution in [2.24, 2.45) is 5.73 Å². The molecule has 0 aliphatic carbocycles. The van der Waals surface area contributed by atoms with E-state index < -0.39 is 0 Å². The smallest absolute Gasteiger partial charge is 0.226 e. The number of fused-ring (bicyclic) bond motifs is 2. The second kappa shape index (κ2) is 6.52. The summed E-state index contributed by atoms with van der Waals surface area (Å²) >= 11 is 0. The Hall–Kier alpha value is -2.33. The Balaban J connectivity index is 1.45. The van der Waals surface area contributed by atoms with Gasteiger partial charge in [0.25, 0.3) is 0 Å². The van der Waals surface area contributed by atoms with E-state index >= 15 is 0 Å². The van der Waals surface area contributed by atoms with Crippen LogP contribution in [-0.4, -0.2) is 30.5 Å². The first-order valence-corrected chi connectivity index (χ1v) is 8.98. The highest BCUT2D eigenvalue weighted by Crippen LogP contribution is 2.45. The van der Waals surface area contributed by atoms with Crippen LogP contribution in [0.2, 0.25) is 0 Å². The molecule has 0 bridgehead atoms. The maximum atomic E-state index is 12.6. The number of nitrogens with zero attached hydrogens (tertiary/aromatic N) is 1. The van der Waals surface area contributed by atoms with E-state index in [0.29, 0.717) is 13.0 Å². The fraction of sp³-hybridized carbons (Fsp3) is 0.381. The number of benzene rings is 2. The molecule has 130 valence electrons. The Bertz CT molecular complexity index is 765. The van der Waals surface area contributed by atoms with Crippen molar-refractivity contribution in [1.29, 1.82) is 0 Å².